The van der Waals surface area contributed by atoms with E-state index < -0.39 is 17.7 Å². The summed E-state index contributed by atoms with van der Waals surface area (Å²) < 4.78 is 5.15. The van der Waals surface area contributed by atoms with E-state index in [1.54, 1.807) is 60.7 Å². The lowest BCUT2D eigenvalue weighted by atomic mass is 9.95. The maximum Gasteiger partial charge on any atom is 0.300 e. The SMILES string of the molecule is COc1ccc(/C(O)=C2\C(=O)C(=O)N(c3ccc(C(C)=O)cc3)C2c2ccccc2)cc1. The zero-order valence-electron chi connectivity index (χ0n) is 17.6. The monoisotopic (exact) mass is 427 g/mol. The number of ether oxygens (including phenoxy) is 1. The molecule has 1 heterocycles. The molecular weight excluding hydrogens is 406 g/mol. The number of anilines is 1. The van der Waals surface area contributed by atoms with E-state index >= 15 is 0 Å². The number of rotatable bonds is 5. The summed E-state index contributed by atoms with van der Waals surface area (Å²) in [5.41, 5.74) is 2.04. The molecule has 6 nitrogen and oxygen atoms in total. The molecule has 3 aromatic carbocycles. The van der Waals surface area contributed by atoms with Gasteiger partial charge in [0.15, 0.2) is 5.78 Å². The van der Waals surface area contributed by atoms with Gasteiger partial charge < -0.3 is 9.84 Å². The van der Waals surface area contributed by atoms with E-state index in [0.717, 1.165) is 0 Å². The molecule has 0 aromatic heterocycles. The Kier molecular flexibility index (Phi) is 5.60. The molecule has 1 saturated heterocycles. The lowest BCUT2D eigenvalue weighted by Gasteiger charge is -2.25. The topological polar surface area (TPSA) is 83.9 Å². The smallest absolute Gasteiger partial charge is 0.300 e. The van der Waals surface area contributed by atoms with Gasteiger partial charge in [0.25, 0.3) is 11.7 Å². The highest BCUT2D eigenvalue weighted by molar-refractivity contribution is 6.51. The number of benzene rings is 3. The first-order valence-electron chi connectivity index (χ1n) is 10.0. The number of aliphatic hydroxyl groups excluding tert-OH is 1. The van der Waals surface area contributed by atoms with E-state index in [-0.39, 0.29) is 17.1 Å². The van der Waals surface area contributed by atoms with E-state index in [2.05, 4.69) is 0 Å². The van der Waals surface area contributed by atoms with Gasteiger partial charge in [0.1, 0.15) is 11.5 Å². The van der Waals surface area contributed by atoms with Crippen molar-refractivity contribution in [3.05, 3.63) is 101 Å². The number of aliphatic hydroxyl groups is 1. The van der Waals surface area contributed by atoms with Crippen molar-refractivity contribution in [2.75, 3.05) is 12.0 Å². The maximum absolute atomic E-state index is 13.1. The van der Waals surface area contributed by atoms with Gasteiger partial charge in [0.2, 0.25) is 0 Å². The Morgan fingerprint density at radius 1 is 0.875 bits per heavy atom. The number of hydrogen-bond donors (Lipinski definition) is 1. The second-order valence-corrected chi connectivity index (χ2v) is 7.41. The van der Waals surface area contributed by atoms with Crippen molar-refractivity contribution in [2.24, 2.45) is 0 Å². The van der Waals surface area contributed by atoms with Crippen LogP contribution in [0.2, 0.25) is 0 Å². The summed E-state index contributed by atoms with van der Waals surface area (Å²) in [4.78, 5) is 39.2. The zero-order valence-corrected chi connectivity index (χ0v) is 17.6. The van der Waals surface area contributed by atoms with E-state index in [1.807, 2.05) is 18.2 Å². The van der Waals surface area contributed by atoms with Crippen molar-refractivity contribution < 1.29 is 24.2 Å². The molecule has 0 bridgehead atoms. The minimum absolute atomic E-state index is 0.00186. The van der Waals surface area contributed by atoms with Crippen LogP contribution in [0.5, 0.6) is 5.75 Å². The first kappa shape index (κ1) is 21.1. The number of ketones is 2. The van der Waals surface area contributed by atoms with Gasteiger partial charge in [-0.15, -0.1) is 0 Å². The van der Waals surface area contributed by atoms with Gasteiger partial charge in [-0.3, -0.25) is 19.3 Å². The molecule has 0 saturated carbocycles. The van der Waals surface area contributed by atoms with Crippen LogP contribution in [0.25, 0.3) is 5.76 Å². The number of amides is 1. The van der Waals surface area contributed by atoms with Crippen molar-refractivity contribution in [3.8, 4) is 5.75 Å². The van der Waals surface area contributed by atoms with Gasteiger partial charge in [-0.25, -0.2) is 0 Å². The molecule has 1 atom stereocenters. The number of carbonyl (C=O) groups is 3. The molecule has 0 aliphatic carbocycles. The summed E-state index contributed by atoms with van der Waals surface area (Å²) in [5.74, 6) is -1.28. The van der Waals surface area contributed by atoms with Gasteiger partial charge in [0.05, 0.1) is 18.7 Å². The van der Waals surface area contributed by atoms with Crippen LogP contribution in [0.15, 0.2) is 84.4 Å². The molecule has 160 valence electrons. The molecular formula is C26H21NO5. The van der Waals surface area contributed by atoms with E-state index in [1.165, 1.54) is 18.9 Å². The summed E-state index contributed by atoms with van der Waals surface area (Å²) in [6, 6.07) is 21.3. The lowest BCUT2D eigenvalue weighted by molar-refractivity contribution is -0.132. The Hall–Kier alpha value is -4.19. The highest BCUT2D eigenvalue weighted by Crippen LogP contribution is 2.42. The van der Waals surface area contributed by atoms with Crippen molar-refractivity contribution in [3.63, 3.8) is 0 Å². The Morgan fingerprint density at radius 2 is 1.47 bits per heavy atom. The molecule has 1 N–H and O–H groups in total. The maximum atomic E-state index is 13.1. The summed E-state index contributed by atoms with van der Waals surface area (Å²) in [6.07, 6.45) is 0. The normalized spacial score (nSPS) is 17.4. The number of hydrogen-bond acceptors (Lipinski definition) is 5. The summed E-state index contributed by atoms with van der Waals surface area (Å²) in [7, 11) is 1.53. The fraction of sp³-hybridized carbons (Fsp3) is 0.115. The number of nitrogens with zero attached hydrogens (tertiary/aromatic N) is 1. The van der Waals surface area contributed by atoms with Gasteiger partial charge in [-0.1, -0.05) is 30.3 Å². The number of Topliss-reactive ketones (excluding diaryl/α,β-unsaturated/α-hetero) is 2. The Labute approximate surface area is 185 Å². The predicted molar refractivity (Wildman–Crippen MR) is 121 cm³/mol. The van der Waals surface area contributed by atoms with Gasteiger partial charge >= 0.3 is 0 Å². The van der Waals surface area contributed by atoms with Gasteiger partial charge in [0, 0.05) is 16.8 Å². The van der Waals surface area contributed by atoms with Crippen LogP contribution in [0.3, 0.4) is 0 Å². The summed E-state index contributed by atoms with van der Waals surface area (Å²) in [5, 5.41) is 11.1. The van der Waals surface area contributed by atoms with Crippen molar-refractivity contribution >= 4 is 28.9 Å². The Bertz CT molecular complexity index is 1210. The third-order valence-corrected chi connectivity index (χ3v) is 5.48. The second kappa shape index (κ2) is 8.51. The van der Waals surface area contributed by atoms with Crippen LogP contribution >= 0.6 is 0 Å². The van der Waals surface area contributed by atoms with E-state index in [9.17, 15) is 19.5 Å². The molecule has 6 heteroatoms. The lowest BCUT2D eigenvalue weighted by Crippen LogP contribution is -2.29. The molecule has 1 fully saturated rings. The molecule has 4 rings (SSSR count). The van der Waals surface area contributed by atoms with E-state index in [0.29, 0.717) is 28.1 Å². The molecule has 3 aromatic rings. The van der Waals surface area contributed by atoms with Crippen LogP contribution < -0.4 is 9.64 Å². The molecule has 1 aliphatic heterocycles. The van der Waals surface area contributed by atoms with Crippen LogP contribution in [-0.4, -0.2) is 29.7 Å². The van der Waals surface area contributed by atoms with Crippen LogP contribution in [0, 0.1) is 0 Å². The van der Waals surface area contributed by atoms with Crippen molar-refractivity contribution in [1.29, 1.82) is 0 Å². The largest absolute Gasteiger partial charge is 0.507 e. The van der Waals surface area contributed by atoms with Crippen LogP contribution in [0.1, 0.15) is 34.5 Å². The fourth-order valence-electron chi connectivity index (χ4n) is 3.81. The third kappa shape index (κ3) is 3.67. The summed E-state index contributed by atoms with van der Waals surface area (Å²) in [6.45, 7) is 1.46. The standard InChI is InChI=1S/C26H21NO5/c1-16(28)17-8-12-20(13-9-17)27-23(18-6-4-3-5-7-18)22(25(30)26(27)31)24(29)19-10-14-21(32-2)15-11-19/h3-15,23,29H,1-2H3/b24-22+. The predicted octanol–water partition coefficient (Wildman–Crippen LogP) is 4.52. The van der Waals surface area contributed by atoms with E-state index in [4.69, 9.17) is 4.74 Å². The highest BCUT2D eigenvalue weighted by Gasteiger charge is 2.46. The Balaban J connectivity index is 1.88. The van der Waals surface area contributed by atoms with Crippen LogP contribution in [0.4, 0.5) is 5.69 Å². The molecule has 32 heavy (non-hydrogen) atoms. The quantitative estimate of drug-likeness (QED) is 0.280. The minimum Gasteiger partial charge on any atom is -0.507 e. The average molecular weight is 427 g/mol. The molecule has 1 amide bonds. The first-order chi connectivity index (χ1) is 15.4. The molecule has 1 unspecified atom stereocenters. The number of carbonyl (C=O) groups excluding carboxylic acids is 3. The average Bonchev–Trinajstić information content (AvgIpc) is 3.09. The van der Waals surface area contributed by atoms with Gasteiger partial charge in [-0.05, 0) is 61.0 Å². The molecule has 0 radical (unpaired) electrons. The summed E-state index contributed by atoms with van der Waals surface area (Å²) >= 11 is 0. The Morgan fingerprint density at radius 3 is 2.03 bits per heavy atom. The minimum atomic E-state index is -0.818. The number of methoxy groups -OCH3 is 1. The highest BCUT2D eigenvalue weighted by atomic mass is 16.5. The molecule has 1 aliphatic rings. The van der Waals surface area contributed by atoms with Crippen molar-refractivity contribution in [2.45, 2.75) is 13.0 Å². The van der Waals surface area contributed by atoms with Crippen LogP contribution in [-0.2, 0) is 9.59 Å². The first-order valence-corrected chi connectivity index (χ1v) is 10.0. The van der Waals surface area contributed by atoms with Gasteiger partial charge in [-0.2, -0.15) is 0 Å². The third-order valence-electron chi connectivity index (χ3n) is 5.48. The zero-order chi connectivity index (χ0) is 22.8. The van der Waals surface area contributed by atoms with Crippen molar-refractivity contribution in [1.82, 2.24) is 0 Å². The fourth-order valence-corrected chi connectivity index (χ4v) is 3.81. The molecule has 0 spiro atoms. The second-order valence-electron chi connectivity index (χ2n) is 7.41.